The highest BCUT2D eigenvalue weighted by Crippen LogP contribution is 2.25. The lowest BCUT2D eigenvalue weighted by molar-refractivity contribution is -0.307. The van der Waals surface area contributed by atoms with Gasteiger partial charge in [0.2, 0.25) is 5.91 Å². The topological polar surface area (TPSA) is 69.2 Å². The van der Waals surface area contributed by atoms with Crippen molar-refractivity contribution >= 4 is 11.9 Å². The number of carbonyl (C=O) groups is 2. The molecule has 0 aromatic heterocycles. The summed E-state index contributed by atoms with van der Waals surface area (Å²) in [7, 11) is 0. The molecule has 1 amide bonds. The minimum atomic E-state index is -1.23. The highest BCUT2D eigenvalue weighted by atomic mass is 16.4. The number of hydrogen-bond donors (Lipinski definition) is 1. The molecule has 0 bridgehead atoms. The van der Waals surface area contributed by atoms with E-state index >= 15 is 0 Å². The van der Waals surface area contributed by atoms with Crippen LogP contribution in [0.15, 0.2) is 0 Å². The van der Waals surface area contributed by atoms with Gasteiger partial charge in [-0.15, -0.1) is 0 Å². The molecular weight excluding hydrogens is 194 g/mol. The summed E-state index contributed by atoms with van der Waals surface area (Å²) < 4.78 is 0. The molecule has 15 heavy (non-hydrogen) atoms. The molecule has 0 heterocycles. The molecule has 1 fully saturated rings. The van der Waals surface area contributed by atoms with Crippen LogP contribution in [0.1, 0.15) is 45.4 Å². The SMILES string of the molecule is CC(NC(=O)CC1CCCCC1)C(=O)[O-]. The first-order valence-electron chi connectivity index (χ1n) is 5.60. The lowest BCUT2D eigenvalue weighted by Crippen LogP contribution is -2.46. The quantitative estimate of drug-likeness (QED) is 0.724. The average molecular weight is 212 g/mol. The molecule has 4 heteroatoms. The fourth-order valence-electron chi connectivity index (χ4n) is 2.01. The first kappa shape index (κ1) is 12.0. The number of carboxylic acids is 1. The van der Waals surface area contributed by atoms with Crippen LogP contribution in [0, 0.1) is 5.92 Å². The third kappa shape index (κ3) is 4.32. The van der Waals surface area contributed by atoms with Gasteiger partial charge in [0.05, 0.1) is 12.0 Å². The molecule has 0 aromatic rings. The van der Waals surface area contributed by atoms with E-state index in [0.29, 0.717) is 12.3 Å². The number of carboxylic acid groups (broad SMARTS) is 1. The maximum Gasteiger partial charge on any atom is 0.220 e. The molecule has 0 aromatic carbocycles. The Morgan fingerprint density at radius 3 is 2.47 bits per heavy atom. The fourth-order valence-corrected chi connectivity index (χ4v) is 2.01. The van der Waals surface area contributed by atoms with Gasteiger partial charge < -0.3 is 15.2 Å². The minimum absolute atomic E-state index is 0.168. The first-order chi connectivity index (χ1) is 7.09. The molecule has 0 radical (unpaired) electrons. The molecule has 1 rings (SSSR count). The van der Waals surface area contributed by atoms with E-state index in [1.54, 1.807) is 0 Å². The van der Waals surface area contributed by atoms with Gasteiger partial charge in [0.15, 0.2) is 0 Å². The van der Waals surface area contributed by atoms with Crippen LogP contribution in [0.25, 0.3) is 0 Å². The van der Waals surface area contributed by atoms with Crippen LogP contribution in [0.5, 0.6) is 0 Å². The summed E-state index contributed by atoms with van der Waals surface area (Å²) in [4.78, 5) is 21.8. The van der Waals surface area contributed by atoms with Gasteiger partial charge in [-0.3, -0.25) is 4.79 Å². The standard InChI is InChI=1S/C11H19NO3/c1-8(11(14)15)12-10(13)7-9-5-3-2-4-6-9/h8-9H,2-7H2,1H3,(H,12,13)(H,14,15)/p-1. The Balaban J connectivity index is 2.25. The molecular formula is C11H18NO3-. The Labute approximate surface area is 90.0 Å². The molecule has 1 N–H and O–H groups in total. The van der Waals surface area contributed by atoms with Crippen molar-refractivity contribution in [3.63, 3.8) is 0 Å². The van der Waals surface area contributed by atoms with E-state index in [-0.39, 0.29) is 5.91 Å². The fraction of sp³-hybridized carbons (Fsp3) is 0.818. The van der Waals surface area contributed by atoms with E-state index in [4.69, 9.17) is 0 Å². The van der Waals surface area contributed by atoms with E-state index in [2.05, 4.69) is 5.32 Å². The van der Waals surface area contributed by atoms with Gasteiger partial charge in [0.1, 0.15) is 0 Å². The van der Waals surface area contributed by atoms with Crippen molar-refractivity contribution in [3.8, 4) is 0 Å². The van der Waals surface area contributed by atoms with Crippen LogP contribution in [-0.2, 0) is 9.59 Å². The van der Waals surface area contributed by atoms with Gasteiger partial charge in [-0.25, -0.2) is 0 Å². The van der Waals surface area contributed by atoms with Gasteiger partial charge in [0.25, 0.3) is 0 Å². The summed E-state index contributed by atoms with van der Waals surface area (Å²) >= 11 is 0. The predicted octanol–water partition coefficient (Wildman–Crippen LogP) is 0.211. The largest absolute Gasteiger partial charge is 0.548 e. The first-order valence-corrected chi connectivity index (χ1v) is 5.60. The van der Waals surface area contributed by atoms with Crippen molar-refractivity contribution in [2.24, 2.45) is 5.92 Å². The summed E-state index contributed by atoms with van der Waals surface area (Å²) in [5.74, 6) is -0.960. The second kappa shape index (κ2) is 5.73. The third-order valence-corrected chi connectivity index (χ3v) is 2.93. The molecule has 0 saturated heterocycles. The number of rotatable bonds is 4. The Morgan fingerprint density at radius 1 is 1.33 bits per heavy atom. The van der Waals surface area contributed by atoms with E-state index < -0.39 is 12.0 Å². The van der Waals surface area contributed by atoms with E-state index in [9.17, 15) is 14.7 Å². The normalized spacial score (nSPS) is 19.5. The molecule has 1 aliphatic carbocycles. The van der Waals surface area contributed by atoms with E-state index in [1.165, 1.54) is 26.2 Å². The van der Waals surface area contributed by atoms with Crippen molar-refractivity contribution in [2.75, 3.05) is 0 Å². The Hall–Kier alpha value is -1.06. The van der Waals surface area contributed by atoms with Crippen LogP contribution in [0.3, 0.4) is 0 Å². The summed E-state index contributed by atoms with van der Waals surface area (Å²) in [6.07, 6.45) is 6.27. The molecule has 86 valence electrons. The van der Waals surface area contributed by atoms with Crippen molar-refractivity contribution in [1.29, 1.82) is 0 Å². The zero-order valence-electron chi connectivity index (χ0n) is 9.12. The van der Waals surface area contributed by atoms with Crippen LogP contribution in [0.2, 0.25) is 0 Å². The van der Waals surface area contributed by atoms with E-state index in [1.807, 2.05) is 0 Å². The Kier molecular flexibility index (Phi) is 4.59. The van der Waals surface area contributed by atoms with Crippen LogP contribution in [-0.4, -0.2) is 17.9 Å². The highest BCUT2D eigenvalue weighted by Gasteiger charge is 2.17. The average Bonchev–Trinajstić information content (AvgIpc) is 2.18. The zero-order valence-corrected chi connectivity index (χ0v) is 9.12. The predicted molar refractivity (Wildman–Crippen MR) is 53.8 cm³/mol. The maximum atomic E-state index is 11.4. The molecule has 1 saturated carbocycles. The van der Waals surface area contributed by atoms with Crippen molar-refractivity contribution in [3.05, 3.63) is 0 Å². The number of nitrogens with one attached hydrogen (secondary N) is 1. The number of hydrogen-bond acceptors (Lipinski definition) is 3. The smallest absolute Gasteiger partial charge is 0.220 e. The third-order valence-electron chi connectivity index (χ3n) is 2.93. The van der Waals surface area contributed by atoms with Gasteiger partial charge in [-0.1, -0.05) is 19.3 Å². The van der Waals surface area contributed by atoms with Crippen LogP contribution >= 0.6 is 0 Å². The molecule has 1 atom stereocenters. The summed E-state index contributed by atoms with van der Waals surface area (Å²) in [5.41, 5.74) is 0. The minimum Gasteiger partial charge on any atom is -0.548 e. The van der Waals surface area contributed by atoms with Crippen molar-refractivity contribution in [1.82, 2.24) is 5.32 Å². The lowest BCUT2D eigenvalue weighted by Gasteiger charge is -2.22. The van der Waals surface area contributed by atoms with Gasteiger partial charge >= 0.3 is 0 Å². The highest BCUT2D eigenvalue weighted by molar-refractivity contribution is 5.82. The summed E-state index contributed by atoms with van der Waals surface area (Å²) in [6, 6.07) is -0.888. The van der Waals surface area contributed by atoms with Gasteiger partial charge in [-0.2, -0.15) is 0 Å². The van der Waals surface area contributed by atoms with Gasteiger partial charge in [0, 0.05) is 6.42 Å². The second-order valence-corrected chi connectivity index (χ2v) is 4.32. The van der Waals surface area contributed by atoms with E-state index in [0.717, 1.165) is 12.8 Å². The maximum absolute atomic E-state index is 11.4. The Bertz CT molecular complexity index is 234. The summed E-state index contributed by atoms with van der Waals surface area (Å²) in [5, 5.41) is 12.8. The second-order valence-electron chi connectivity index (χ2n) is 4.32. The van der Waals surface area contributed by atoms with Crippen LogP contribution in [0.4, 0.5) is 0 Å². The monoisotopic (exact) mass is 212 g/mol. The molecule has 0 aliphatic heterocycles. The molecule has 0 spiro atoms. The lowest BCUT2D eigenvalue weighted by atomic mass is 9.87. The van der Waals surface area contributed by atoms with Crippen molar-refractivity contribution in [2.45, 2.75) is 51.5 Å². The number of carbonyl (C=O) groups excluding carboxylic acids is 2. The number of amides is 1. The molecule has 4 nitrogen and oxygen atoms in total. The van der Waals surface area contributed by atoms with Crippen LogP contribution < -0.4 is 10.4 Å². The number of aliphatic carboxylic acids is 1. The molecule has 1 unspecified atom stereocenters. The van der Waals surface area contributed by atoms with Crippen molar-refractivity contribution < 1.29 is 14.7 Å². The Morgan fingerprint density at radius 2 is 1.93 bits per heavy atom. The van der Waals surface area contributed by atoms with Gasteiger partial charge in [-0.05, 0) is 25.7 Å². The molecule has 1 aliphatic rings. The zero-order chi connectivity index (χ0) is 11.3. The summed E-state index contributed by atoms with van der Waals surface area (Å²) in [6.45, 7) is 1.42.